The van der Waals surface area contributed by atoms with Crippen LogP contribution in [0, 0.1) is 0 Å². The fourth-order valence-corrected chi connectivity index (χ4v) is 1.65. The van der Waals surface area contributed by atoms with Crippen LogP contribution in [-0.4, -0.2) is 30.1 Å². The molecule has 2 nitrogen and oxygen atoms in total. The molecule has 0 heterocycles. The van der Waals surface area contributed by atoms with Crippen LogP contribution in [0.1, 0.15) is 58.8 Å². The Hall–Kier alpha value is -0.290. The molecule has 18 heavy (non-hydrogen) atoms. The molecule has 0 aromatic carbocycles. The van der Waals surface area contributed by atoms with Gasteiger partial charge in [0, 0.05) is 0 Å². The van der Waals surface area contributed by atoms with Gasteiger partial charge in [-0.15, -0.1) is 0 Å². The normalized spacial score (nSPS) is 15.7. The van der Waals surface area contributed by atoms with E-state index < -0.39 is 18.9 Å². The fourth-order valence-electron chi connectivity index (χ4n) is 1.65. The summed E-state index contributed by atoms with van der Waals surface area (Å²) in [6.07, 6.45) is 0.458. The van der Waals surface area contributed by atoms with Crippen LogP contribution in [0.5, 0.6) is 0 Å². The third-order valence-corrected chi connectivity index (χ3v) is 2.88. The summed E-state index contributed by atoms with van der Waals surface area (Å²) in [6.45, 7) is 3.23. The van der Waals surface area contributed by atoms with E-state index in [2.05, 4.69) is 6.92 Å². The average molecular weight is 270 g/mol. The van der Waals surface area contributed by atoms with Gasteiger partial charge in [0.1, 0.15) is 0 Å². The Labute approximate surface area is 108 Å². The van der Waals surface area contributed by atoms with Crippen molar-refractivity contribution in [1.82, 2.24) is 0 Å². The Morgan fingerprint density at radius 1 is 1.06 bits per heavy atom. The van der Waals surface area contributed by atoms with Gasteiger partial charge in [-0.05, 0) is 13.3 Å². The number of aliphatic hydroxyl groups is 1. The molecule has 2 atom stereocenters. The van der Waals surface area contributed by atoms with Crippen molar-refractivity contribution in [1.29, 1.82) is 0 Å². The summed E-state index contributed by atoms with van der Waals surface area (Å²) in [5.41, 5.74) is 0. The van der Waals surface area contributed by atoms with Crippen LogP contribution >= 0.6 is 0 Å². The summed E-state index contributed by atoms with van der Waals surface area (Å²) in [5, 5.41) is 8.75. The number of rotatable bonds is 10. The first-order chi connectivity index (χ1) is 8.38. The van der Waals surface area contributed by atoms with E-state index in [4.69, 9.17) is 9.84 Å². The van der Waals surface area contributed by atoms with Crippen LogP contribution < -0.4 is 0 Å². The predicted octanol–water partition coefficient (Wildman–Crippen LogP) is 4.07. The molecule has 2 unspecified atom stereocenters. The van der Waals surface area contributed by atoms with Crippen LogP contribution in [0.15, 0.2) is 0 Å². The third-order valence-electron chi connectivity index (χ3n) is 2.88. The van der Waals surface area contributed by atoms with Crippen molar-refractivity contribution in [2.75, 3.05) is 6.61 Å². The molecule has 0 aliphatic carbocycles. The first kappa shape index (κ1) is 17.7. The monoisotopic (exact) mass is 270 g/mol. The Morgan fingerprint density at radius 3 is 2.17 bits per heavy atom. The van der Waals surface area contributed by atoms with Gasteiger partial charge < -0.3 is 9.84 Å². The molecular formula is C13H25F3O2. The van der Waals surface area contributed by atoms with Gasteiger partial charge in [0.2, 0.25) is 0 Å². The van der Waals surface area contributed by atoms with Gasteiger partial charge >= 0.3 is 6.18 Å². The molecule has 0 rings (SSSR count). The summed E-state index contributed by atoms with van der Waals surface area (Å²) in [7, 11) is 0. The maximum absolute atomic E-state index is 12.0. The van der Waals surface area contributed by atoms with Crippen LogP contribution in [0.25, 0.3) is 0 Å². The standard InChI is InChI=1S/C13H25F3O2/c1-3-4-5-6-7-8-9-11(2)18-10-12(17)13(14,15)16/h11-12,17H,3-10H2,1-2H3. The first-order valence-electron chi connectivity index (χ1n) is 6.74. The second-order valence-electron chi connectivity index (χ2n) is 4.76. The molecule has 0 fully saturated rings. The predicted molar refractivity (Wildman–Crippen MR) is 65.5 cm³/mol. The molecule has 1 N–H and O–H groups in total. The number of unbranched alkanes of at least 4 members (excludes halogenated alkanes) is 5. The Bertz CT molecular complexity index is 195. The molecule has 0 aromatic rings. The number of alkyl halides is 3. The van der Waals surface area contributed by atoms with E-state index in [1.54, 1.807) is 6.92 Å². The van der Waals surface area contributed by atoms with Gasteiger partial charge in [-0.2, -0.15) is 13.2 Å². The van der Waals surface area contributed by atoms with Crippen molar-refractivity contribution in [3.05, 3.63) is 0 Å². The zero-order chi connectivity index (χ0) is 14.0. The largest absolute Gasteiger partial charge is 0.416 e. The molecule has 5 heteroatoms. The summed E-state index contributed by atoms with van der Waals surface area (Å²) >= 11 is 0. The van der Waals surface area contributed by atoms with Crippen LogP contribution in [0.4, 0.5) is 13.2 Å². The van der Waals surface area contributed by atoms with Crippen molar-refractivity contribution >= 4 is 0 Å². The van der Waals surface area contributed by atoms with E-state index >= 15 is 0 Å². The number of ether oxygens (including phenoxy) is 1. The maximum atomic E-state index is 12.0. The minimum absolute atomic E-state index is 0.229. The molecule has 0 aliphatic rings. The van der Waals surface area contributed by atoms with E-state index in [0.29, 0.717) is 0 Å². The smallest absolute Gasteiger partial charge is 0.382 e. The van der Waals surface area contributed by atoms with Crippen molar-refractivity contribution in [2.45, 2.75) is 77.2 Å². The van der Waals surface area contributed by atoms with Gasteiger partial charge in [-0.3, -0.25) is 0 Å². The highest BCUT2D eigenvalue weighted by Gasteiger charge is 2.38. The molecule has 0 bridgehead atoms. The Kier molecular flexibility index (Phi) is 9.46. The van der Waals surface area contributed by atoms with Gasteiger partial charge in [-0.1, -0.05) is 45.4 Å². The quantitative estimate of drug-likeness (QED) is 0.606. The topological polar surface area (TPSA) is 29.5 Å². The lowest BCUT2D eigenvalue weighted by Crippen LogP contribution is -2.34. The molecule has 0 saturated carbocycles. The lowest BCUT2D eigenvalue weighted by Gasteiger charge is -2.18. The molecule has 0 saturated heterocycles. The number of hydrogen-bond acceptors (Lipinski definition) is 2. The fraction of sp³-hybridized carbons (Fsp3) is 1.00. The highest BCUT2D eigenvalue weighted by atomic mass is 19.4. The zero-order valence-electron chi connectivity index (χ0n) is 11.3. The lowest BCUT2D eigenvalue weighted by molar-refractivity contribution is -0.220. The van der Waals surface area contributed by atoms with Gasteiger partial charge in [0.25, 0.3) is 0 Å². The number of aliphatic hydroxyl groups excluding tert-OH is 1. The molecule has 0 aliphatic heterocycles. The second kappa shape index (κ2) is 9.62. The zero-order valence-corrected chi connectivity index (χ0v) is 11.3. The first-order valence-corrected chi connectivity index (χ1v) is 6.74. The number of hydrogen-bond donors (Lipinski definition) is 1. The lowest BCUT2D eigenvalue weighted by atomic mass is 10.1. The van der Waals surface area contributed by atoms with Crippen molar-refractivity contribution in [2.24, 2.45) is 0 Å². The van der Waals surface area contributed by atoms with Crippen LogP contribution in [0.3, 0.4) is 0 Å². The third kappa shape index (κ3) is 9.71. The SMILES string of the molecule is CCCCCCCCC(C)OCC(O)C(F)(F)F. The highest BCUT2D eigenvalue weighted by Crippen LogP contribution is 2.20. The van der Waals surface area contributed by atoms with Crippen molar-refractivity contribution < 1.29 is 23.0 Å². The highest BCUT2D eigenvalue weighted by molar-refractivity contribution is 4.64. The van der Waals surface area contributed by atoms with Crippen molar-refractivity contribution in [3.63, 3.8) is 0 Å². The minimum atomic E-state index is -4.58. The second-order valence-corrected chi connectivity index (χ2v) is 4.76. The molecule has 110 valence electrons. The molecular weight excluding hydrogens is 245 g/mol. The van der Waals surface area contributed by atoms with Crippen molar-refractivity contribution in [3.8, 4) is 0 Å². The summed E-state index contributed by atoms with van der Waals surface area (Å²) in [4.78, 5) is 0. The number of halogens is 3. The average Bonchev–Trinajstić information content (AvgIpc) is 2.29. The van der Waals surface area contributed by atoms with Crippen LogP contribution in [0.2, 0.25) is 0 Å². The van der Waals surface area contributed by atoms with Gasteiger partial charge in [-0.25, -0.2) is 0 Å². The van der Waals surface area contributed by atoms with Gasteiger partial charge in [0.05, 0.1) is 12.7 Å². The minimum Gasteiger partial charge on any atom is -0.382 e. The van der Waals surface area contributed by atoms with E-state index in [9.17, 15) is 13.2 Å². The summed E-state index contributed by atoms with van der Waals surface area (Å²) in [6, 6.07) is 0. The summed E-state index contributed by atoms with van der Waals surface area (Å²) < 4.78 is 41.0. The Morgan fingerprint density at radius 2 is 1.61 bits per heavy atom. The summed E-state index contributed by atoms with van der Waals surface area (Å²) in [5.74, 6) is 0. The van der Waals surface area contributed by atoms with Gasteiger partial charge in [0.15, 0.2) is 6.10 Å². The van der Waals surface area contributed by atoms with E-state index in [-0.39, 0.29) is 6.10 Å². The van der Waals surface area contributed by atoms with E-state index in [1.165, 1.54) is 25.7 Å². The molecule has 0 aromatic heterocycles. The molecule has 0 spiro atoms. The van der Waals surface area contributed by atoms with E-state index in [0.717, 1.165) is 19.3 Å². The van der Waals surface area contributed by atoms with E-state index in [1.807, 2.05) is 0 Å². The molecule has 0 radical (unpaired) electrons. The molecule has 0 amide bonds. The Balaban J connectivity index is 3.46. The maximum Gasteiger partial charge on any atom is 0.416 e. The van der Waals surface area contributed by atoms with Crippen LogP contribution in [-0.2, 0) is 4.74 Å².